The normalized spacial score (nSPS) is 25.8. The number of nitrogens with zero attached hydrogens (tertiary/aromatic N) is 1. The molecule has 1 amide bonds. The fourth-order valence-corrected chi connectivity index (χ4v) is 3.61. The van der Waals surface area contributed by atoms with Crippen LogP contribution < -0.4 is 4.72 Å². The Hall–Kier alpha value is -0.620. The number of carbonyl (C=O) groups is 1. The van der Waals surface area contributed by atoms with Gasteiger partial charge in [0.15, 0.2) is 0 Å². The van der Waals surface area contributed by atoms with Crippen LogP contribution in [0.3, 0.4) is 0 Å². The minimum atomic E-state index is -3.28. The third-order valence-corrected chi connectivity index (χ3v) is 4.72. The van der Waals surface area contributed by atoms with Gasteiger partial charge in [-0.2, -0.15) is 0 Å². The minimum Gasteiger partial charge on any atom is -0.338 e. The Morgan fingerprint density at radius 2 is 1.89 bits per heavy atom. The molecule has 1 aliphatic heterocycles. The molecule has 1 atom stereocenters. The van der Waals surface area contributed by atoms with Crippen LogP contribution >= 0.6 is 0 Å². The van der Waals surface area contributed by atoms with Crippen molar-refractivity contribution in [2.24, 2.45) is 5.92 Å². The van der Waals surface area contributed by atoms with Crippen LogP contribution in [0.2, 0.25) is 0 Å². The van der Waals surface area contributed by atoms with E-state index in [-0.39, 0.29) is 12.5 Å². The van der Waals surface area contributed by atoms with E-state index in [1.54, 1.807) is 0 Å². The van der Waals surface area contributed by atoms with Crippen molar-refractivity contribution in [1.82, 2.24) is 9.62 Å². The molecule has 0 bridgehead atoms. The molecule has 0 aromatic rings. The van der Waals surface area contributed by atoms with Crippen molar-refractivity contribution in [2.75, 3.05) is 19.3 Å². The van der Waals surface area contributed by atoms with Gasteiger partial charge in [0.1, 0.15) is 0 Å². The summed E-state index contributed by atoms with van der Waals surface area (Å²) in [6.07, 6.45) is 8.18. The van der Waals surface area contributed by atoms with Crippen molar-refractivity contribution in [3.05, 3.63) is 0 Å². The highest BCUT2D eigenvalue weighted by atomic mass is 32.2. The molecule has 0 unspecified atom stereocenters. The minimum absolute atomic E-state index is 0.0742. The molecule has 2 rings (SSSR count). The Morgan fingerprint density at radius 1 is 1.22 bits per heavy atom. The van der Waals surface area contributed by atoms with Crippen molar-refractivity contribution in [1.29, 1.82) is 0 Å². The van der Waals surface area contributed by atoms with E-state index in [4.69, 9.17) is 0 Å². The lowest BCUT2D eigenvalue weighted by Gasteiger charge is -2.29. The van der Waals surface area contributed by atoms with Gasteiger partial charge >= 0.3 is 0 Å². The van der Waals surface area contributed by atoms with E-state index >= 15 is 0 Å². The SMILES string of the molecule is CS(=O)(=O)NCC(=O)N1CCC[C@@H]1C1CCCC1. The molecule has 104 valence electrons. The highest BCUT2D eigenvalue weighted by Crippen LogP contribution is 2.35. The topological polar surface area (TPSA) is 66.5 Å². The lowest BCUT2D eigenvalue weighted by atomic mass is 9.96. The summed E-state index contributed by atoms with van der Waals surface area (Å²) in [5, 5.41) is 0. The number of likely N-dealkylation sites (tertiary alicyclic amines) is 1. The highest BCUT2D eigenvalue weighted by Gasteiger charge is 2.35. The average Bonchev–Trinajstić information content (AvgIpc) is 2.94. The molecule has 0 aromatic heterocycles. The van der Waals surface area contributed by atoms with E-state index in [0.29, 0.717) is 12.0 Å². The first kappa shape index (κ1) is 13.8. The number of amides is 1. The van der Waals surface area contributed by atoms with Crippen LogP contribution in [-0.4, -0.2) is 44.6 Å². The monoisotopic (exact) mass is 274 g/mol. The summed E-state index contributed by atoms with van der Waals surface area (Å²) in [6.45, 7) is 0.688. The highest BCUT2D eigenvalue weighted by molar-refractivity contribution is 7.88. The lowest BCUT2D eigenvalue weighted by Crippen LogP contribution is -2.44. The van der Waals surface area contributed by atoms with Gasteiger partial charge in [-0.05, 0) is 31.6 Å². The first-order chi connectivity index (χ1) is 8.47. The number of hydrogen-bond acceptors (Lipinski definition) is 3. The van der Waals surface area contributed by atoms with Crippen molar-refractivity contribution in [2.45, 2.75) is 44.6 Å². The fraction of sp³-hybridized carbons (Fsp3) is 0.917. The smallest absolute Gasteiger partial charge is 0.237 e. The molecule has 1 N–H and O–H groups in total. The largest absolute Gasteiger partial charge is 0.338 e. The Bertz CT molecular complexity index is 402. The zero-order chi connectivity index (χ0) is 13.2. The van der Waals surface area contributed by atoms with Gasteiger partial charge in [0.05, 0.1) is 12.8 Å². The third-order valence-electron chi connectivity index (χ3n) is 4.05. The van der Waals surface area contributed by atoms with Gasteiger partial charge in [0, 0.05) is 12.6 Å². The predicted octanol–water partition coefficient (Wildman–Crippen LogP) is 0.717. The van der Waals surface area contributed by atoms with E-state index in [9.17, 15) is 13.2 Å². The molecule has 6 heteroatoms. The van der Waals surface area contributed by atoms with Gasteiger partial charge in [-0.3, -0.25) is 4.79 Å². The van der Waals surface area contributed by atoms with E-state index in [0.717, 1.165) is 25.6 Å². The van der Waals surface area contributed by atoms with Crippen LogP contribution in [0.1, 0.15) is 38.5 Å². The second-order valence-electron chi connectivity index (χ2n) is 5.43. The molecule has 5 nitrogen and oxygen atoms in total. The molecule has 1 saturated carbocycles. The number of nitrogens with one attached hydrogen (secondary N) is 1. The molecule has 2 fully saturated rings. The molecule has 0 spiro atoms. The average molecular weight is 274 g/mol. The van der Waals surface area contributed by atoms with Crippen LogP contribution in [-0.2, 0) is 14.8 Å². The summed E-state index contributed by atoms with van der Waals surface area (Å²) < 4.78 is 24.3. The summed E-state index contributed by atoms with van der Waals surface area (Å²) in [7, 11) is -3.28. The molecule has 1 aliphatic carbocycles. The second kappa shape index (κ2) is 5.57. The van der Waals surface area contributed by atoms with Crippen molar-refractivity contribution in [3.8, 4) is 0 Å². The summed E-state index contributed by atoms with van der Waals surface area (Å²) >= 11 is 0. The maximum atomic E-state index is 12.1. The first-order valence-corrected chi connectivity index (χ1v) is 8.60. The molecule has 2 aliphatic rings. The summed E-state index contributed by atoms with van der Waals surface area (Å²) in [5.74, 6) is 0.560. The van der Waals surface area contributed by atoms with Crippen LogP contribution in [0.15, 0.2) is 0 Å². The molecule has 1 saturated heterocycles. The van der Waals surface area contributed by atoms with Gasteiger partial charge in [0.2, 0.25) is 15.9 Å². The molecular formula is C12H22N2O3S. The number of rotatable bonds is 4. The molecule has 18 heavy (non-hydrogen) atoms. The first-order valence-electron chi connectivity index (χ1n) is 6.71. The lowest BCUT2D eigenvalue weighted by molar-refractivity contribution is -0.131. The van der Waals surface area contributed by atoms with Crippen LogP contribution in [0, 0.1) is 5.92 Å². The number of hydrogen-bond donors (Lipinski definition) is 1. The number of carbonyl (C=O) groups excluding carboxylic acids is 1. The van der Waals surface area contributed by atoms with E-state index in [1.807, 2.05) is 4.90 Å². The van der Waals surface area contributed by atoms with Crippen LogP contribution in [0.25, 0.3) is 0 Å². The van der Waals surface area contributed by atoms with Crippen molar-refractivity contribution >= 4 is 15.9 Å². The maximum Gasteiger partial charge on any atom is 0.237 e. The van der Waals surface area contributed by atoms with Gasteiger partial charge in [-0.25, -0.2) is 13.1 Å². The van der Waals surface area contributed by atoms with Gasteiger partial charge in [-0.1, -0.05) is 12.8 Å². The van der Waals surface area contributed by atoms with Crippen LogP contribution in [0.4, 0.5) is 0 Å². The van der Waals surface area contributed by atoms with E-state index < -0.39 is 10.0 Å². The van der Waals surface area contributed by atoms with Gasteiger partial charge in [-0.15, -0.1) is 0 Å². The standard InChI is InChI=1S/C12H22N2O3S/c1-18(16,17)13-9-12(15)14-8-4-7-11(14)10-5-2-3-6-10/h10-11,13H,2-9H2,1H3/t11-/m1/s1. The Kier molecular flexibility index (Phi) is 4.27. The zero-order valence-corrected chi connectivity index (χ0v) is 11.7. The second-order valence-corrected chi connectivity index (χ2v) is 7.27. The quantitative estimate of drug-likeness (QED) is 0.821. The van der Waals surface area contributed by atoms with Crippen LogP contribution in [0.5, 0.6) is 0 Å². The summed E-state index contributed by atoms with van der Waals surface area (Å²) in [4.78, 5) is 14.0. The Morgan fingerprint density at radius 3 is 2.50 bits per heavy atom. The fourth-order valence-electron chi connectivity index (χ4n) is 3.23. The van der Waals surface area contributed by atoms with Gasteiger partial charge in [0.25, 0.3) is 0 Å². The molecule has 0 aromatic carbocycles. The van der Waals surface area contributed by atoms with E-state index in [2.05, 4.69) is 4.72 Å². The zero-order valence-electron chi connectivity index (χ0n) is 10.9. The van der Waals surface area contributed by atoms with E-state index in [1.165, 1.54) is 25.7 Å². The maximum absolute atomic E-state index is 12.1. The third kappa shape index (κ3) is 3.45. The van der Waals surface area contributed by atoms with Crippen molar-refractivity contribution < 1.29 is 13.2 Å². The van der Waals surface area contributed by atoms with Crippen molar-refractivity contribution in [3.63, 3.8) is 0 Å². The molecule has 0 radical (unpaired) electrons. The van der Waals surface area contributed by atoms with Gasteiger partial charge < -0.3 is 4.90 Å². The molecular weight excluding hydrogens is 252 g/mol. The predicted molar refractivity (Wildman–Crippen MR) is 69.5 cm³/mol. The molecule has 1 heterocycles. The summed E-state index contributed by atoms with van der Waals surface area (Å²) in [5.41, 5.74) is 0. The number of sulfonamides is 1. The summed E-state index contributed by atoms with van der Waals surface area (Å²) in [6, 6.07) is 0.348. The Balaban J connectivity index is 1.92. The Labute approximate surface area is 109 Å².